The molecule has 0 bridgehead atoms. The molecular weight excluding hydrogens is 529 g/mol. The van der Waals surface area contributed by atoms with Gasteiger partial charge in [0.2, 0.25) is 15.9 Å². The number of amides is 1. The first-order valence-electron chi connectivity index (χ1n) is 13.2. The van der Waals surface area contributed by atoms with Crippen LogP contribution < -0.4 is 9.88 Å². The third-order valence-electron chi connectivity index (χ3n) is 7.48. The largest absolute Gasteiger partial charge is 0.477 e. The number of hydrogen-bond donors (Lipinski definition) is 1. The molecule has 2 saturated heterocycles. The van der Waals surface area contributed by atoms with Crippen LogP contribution in [0.5, 0.6) is 5.88 Å². The zero-order valence-corrected chi connectivity index (χ0v) is 22.9. The number of likely N-dealkylation sites (tertiary alicyclic amines) is 1. The van der Waals surface area contributed by atoms with Gasteiger partial charge >= 0.3 is 0 Å². The molecule has 1 amide bonds. The van der Waals surface area contributed by atoms with E-state index in [4.69, 9.17) is 19.6 Å². The third-order valence-corrected chi connectivity index (χ3v) is 9.67. The maximum absolute atomic E-state index is 14.4. The van der Waals surface area contributed by atoms with Crippen LogP contribution in [-0.2, 0) is 14.8 Å². The van der Waals surface area contributed by atoms with Crippen LogP contribution in [0.15, 0.2) is 40.1 Å². The van der Waals surface area contributed by atoms with Gasteiger partial charge in [0.15, 0.2) is 0 Å². The SMILES string of the molecule is NS(=O)(=O)c1ccc(SCC2CCN(C(=O)c3cc(OCC4CCOCC4)nc(C4CC4)c3)CC2)c(F)c1. The predicted molar refractivity (Wildman–Crippen MR) is 142 cm³/mol. The molecule has 3 aliphatic rings. The second kappa shape index (κ2) is 11.9. The lowest BCUT2D eigenvalue weighted by Crippen LogP contribution is -2.39. The van der Waals surface area contributed by atoms with Crippen molar-refractivity contribution in [1.29, 1.82) is 0 Å². The molecule has 0 unspecified atom stereocenters. The van der Waals surface area contributed by atoms with Crippen molar-refractivity contribution in [2.45, 2.75) is 54.2 Å². The average Bonchev–Trinajstić information content (AvgIpc) is 3.77. The molecule has 11 heteroatoms. The van der Waals surface area contributed by atoms with Gasteiger partial charge in [0.1, 0.15) is 5.82 Å². The van der Waals surface area contributed by atoms with Crippen LogP contribution >= 0.6 is 11.8 Å². The highest BCUT2D eigenvalue weighted by atomic mass is 32.2. The molecule has 38 heavy (non-hydrogen) atoms. The number of primary sulfonamides is 1. The summed E-state index contributed by atoms with van der Waals surface area (Å²) < 4.78 is 48.7. The second-order valence-electron chi connectivity index (χ2n) is 10.4. The van der Waals surface area contributed by atoms with E-state index in [1.54, 1.807) is 6.07 Å². The molecule has 0 spiro atoms. The highest BCUT2D eigenvalue weighted by Gasteiger charge is 2.29. The summed E-state index contributed by atoms with van der Waals surface area (Å²) in [6, 6.07) is 7.46. The van der Waals surface area contributed by atoms with E-state index in [1.165, 1.54) is 23.9 Å². The Labute approximate surface area is 227 Å². The quantitative estimate of drug-likeness (QED) is 0.455. The third kappa shape index (κ3) is 7.05. The van der Waals surface area contributed by atoms with Crippen molar-refractivity contribution in [2.75, 3.05) is 38.7 Å². The first kappa shape index (κ1) is 27.4. The van der Waals surface area contributed by atoms with E-state index in [0.717, 1.165) is 63.5 Å². The normalized spacial score (nSPS) is 19.5. The number of thioether (sulfide) groups is 1. The van der Waals surface area contributed by atoms with Crippen LogP contribution in [-0.4, -0.2) is 62.9 Å². The molecule has 0 radical (unpaired) electrons. The Morgan fingerprint density at radius 3 is 2.47 bits per heavy atom. The molecule has 5 rings (SSSR count). The number of rotatable bonds is 9. The number of nitrogens with two attached hydrogens (primary N) is 1. The summed E-state index contributed by atoms with van der Waals surface area (Å²) in [7, 11) is -3.93. The maximum Gasteiger partial charge on any atom is 0.254 e. The minimum atomic E-state index is -3.93. The standard InChI is InChI=1S/C27H34FN3O5S2/c28-23-15-22(38(29,33)34)3-4-25(23)37-17-19-5-9-31(10-6-19)27(32)21-13-24(20-1-2-20)30-26(14-21)36-16-18-7-11-35-12-8-18/h3-4,13-15,18-20H,1-2,5-12,16-17H2,(H2,29,33,34). The van der Waals surface area contributed by atoms with Gasteiger partial charge in [0.25, 0.3) is 5.91 Å². The van der Waals surface area contributed by atoms with Gasteiger partial charge in [-0.05, 0) is 74.6 Å². The summed E-state index contributed by atoms with van der Waals surface area (Å²) in [4.78, 5) is 20.2. The number of ether oxygens (including phenoxy) is 2. The molecule has 1 aromatic carbocycles. The van der Waals surface area contributed by atoms with E-state index in [9.17, 15) is 17.6 Å². The average molecular weight is 564 g/mol. The molecule has 8 nitrogen and oxygen atoms in total. The smallest absolute Gasteiger partial charge is 0.254 e. The zero-order chi connectivity index (χ0) is 26.7. The van der Waals surface area contributed by atoms with E-state index in [1.807, 2.05) is 11.0 Å². The number of benzene rings is 1. The minimum Gasteiger partial charge on any atom is -0.477 e. The Hall–Kier alpha value is -2.21. The van der Waals surface area contributed by atoms with E-state index in [2.05, 4.69) is 0 Å². The molecule has 1 saturated carbocycles. The van der Waals surface area contributed by atoms with E-state index < -0.39 is 15.8 Å². The number of pyridine rings is 1. The first-order chi connectivity index (χ1) is 18.3. The molecule has 3 fully saturated rings. The molecule has 2 aromatic rings. The Kier molecular flexibility index (Phi) is 8.56. The Bertz CT molecular complexity index is 1260. The Balaban J connectivity index is 1.16. The van der Waals surface area contributed by atoms with Gasteiger partial charge in [-0.1, -0.05) is 0 Å². The van der Waals surface area contributed by atoms with Crippen molar-refractivity contribution in [3.8, 4) is 5.88 Å². The number of halogens is 1. The molecule has 0 atom stereocenters. The first-order valence-corrected chi connectivity index (χ1v) is 15.8. The fourth-order valence-electron chi connectivity index (χ4n) is 4.90. The summed E-state index contributed by atoms with van der Waals surface area (Å²) in [5.41, 5.74) is 1.58. The minimum absolute atomic E-state index is 0.000876. The van der Waals surface area contributed by atoms with Crippen molar-refractivity contribution in [2.24, 2.45) is 17.0 Å². The summed E-state index contributed by atoms with van der Waals surface area (Å²) in [6.07, 6.45) is 5.80. The van der Waals surface area contributed by atoms with Crippen molar-refractivity contribution in [3.05, 3.63) is 47.4 Å². The van der Waals surface area contributed by atoms with E-state index in [0.29, 0.717) is 59.5 Å². The Morgan fingerprint density at radius 1 is 1.08 bits per heavy atom. The van der Waals surface area contributed by atoms with Crippen molar-refractivity contribution < 1.29 is 27.1 Å². The zero-order valence-electron chi connectivity index (χ0n) is 21.3. The van der Waals surface area contributed by atoms with Crippen molar-refractivity contribution >= 4 is 27.7 Å². The number of carbonyl (C=O) groups is 1. The van der Waals surface area contributed by atoms with Crippen LogP contribution in [0.2, 0.25) is 0 Å². The van der Waals surface area contributed by atoms with Gasteiger partial charge in [-0.25, -0.2) is 22.9 Å². The number of nitrogens with zero attached hydrogens (tertiary/aromatic N) is 2. The predicted octanol–water partition coefficient (Wildman–Crippen LogP) is 4.20. The molecule has 206 valence electrons. The topological polar surface area (TPSA) is 112 Å². The van der Waals surface area contributed by atoms with Crippen LogP contribution in [0, 0.1) is 17.7 Å². The molecule has 1 aliphatic carbocycles. The lowest BCUT2D eigenvalue weighted by molar-refractivity contribution is 0.0489. The molecule has 3 heterocycles. The van der Waals surface area contributed by atoms with Crippen LogP contribution in [0.25, 0.3) is 0 Å². The van der Waals surface area contributed by atoms with Crippen molar-refractivity contribution in [1.82, 2.24) is 9.88 Å². The summed E-state index contributed by atoms with van der Waals surface area (Å²) >= 11 is 1.36. The van der Waals surface area contributed by atoms with Gasteiger partial charge in [0.05, 0.1) is 11.5 Å². The summed E-state index contributed by atoms with van der Waals surface area (Å²) in [5.74, 6) is 1.83. The number of piperidine rings is 1. The lowest BCUT2D eigenvalue weighted by atomic mass is 9.98. The van der Waals surface area contributed by atoms with Crippen LogP contribution in [0.3, 0.4) is 0 Å². The lowest BCUT2D eigenvalue weighted by Gasteiger charge is -2.32. The van der Waals surface area contributed by atoms with Crippen molar-refractivity contribution in [3.63, 3.8) is 0 Å². The second-order valence-corrected chi connectivity index (χ2v) is 13.1. The number of sulfonamides is 1. The summed E-state index contributed by atoms with van der Waals surface area (Å²) in [6.45, 7) is 3.39. The van der Waals surface area contributed by atoms with Crippen LogP contribution in [0.4, 0.5) is 4.39 Å². The van der Waals surface area contributed by atoms with E-state index >= 15 is 0 Å². The number of hydrogen-bond acceptors (Lipinski definition) is 7. The highest BCUT2D eigenvalue weighted by Crippen LogP contribution is 2.40. The monoisotopic (exact) mass is 563 g/mol. The van der Waals surface area contributed by atoms with Gasteiger partial charge in [-0.15, -0.1) is 11.8 Å². The molecule has 1 aromatic heterocycles. The molecular formula is C27H34FN3O5S2. The van der Waals surface area contributed by atoms with Gasteiger partial charge in [0, 0.05) is 60.2 Å². The van der Waals surface area contributed by atoms with Gasteiger partial charge in [-0.3, -0.25) is 4.79 Å². The Morgan fingerprint density at radius 2 is 1.82 bits per heavy atom. The molecule has 2 aliphatic heterocycles. The summed E-state index contributed by atoms with van der Waals surface area (Å²) in [5, 5.41) is 5.08. The number of aromatic nitrogens is 1. The maximum atomic E-state index is 14.4. The fourth-order valence-corrected chi connectivity index (χ4v) is 6.53. The highest BCUT2D eigenvalue weighted by molar-refractivity contribution is 7.99. The number of carbonyl (C=O) groups excluding carboxylic acids is 1. The van der Waals surface area contributed by atoms with Crippen LogP contribution in [0.1, 0.15) is 60.5 Å². The van der Waals surface area contributed by atoms with Gasteiger partial charge < -0.3 is 14.4 Å². The molecule has 2 N–H and O–H groups in total. The fraction of sp³-hybridized carbons (Fsp3) is 0.556. The van der Waals surface area contributed by atoms with Gasteiger partial charge in [-0.2, -0.15) is 0 Å². The van der Waals surface area contributed by atoms with E-state index in [-0.39, 0.29) is 10.8 Å².